The first-order chi connectivity index (χ1) is 7.63. The number of hydrogen-bond acceptors (Lipinski definition) is 2. The largest absolute Gasteiger partial charge is 0.370 e. The molecule has 1 saturated carbocycles. The summed E-state index contributed by atoms with van der Waals surface area (Å²) in [4.78, 5) is 24.4. The van der Waals surface area contributed by atoms with Crippen molar-refractivity contribution in [1.82, 2.24) is 4.90 Å². The average molecular weight is 226 g/mol. The average Bonchev–Trinajstić information content (AvgIpc) is 3.04. The number of rotatable bonds is 8. The van der Waals surface area contributed by atoms with Gasteiger partial charge in [-0.2, -0.15) is 0 Å². The van der Waals surface area contributed by atoms with E-state index in [2.05, 4.69) is 6.92 Å². The van der Waals surface area contributed by atoms with Crippen molar-refractivity contribution in [3.8, 4) is 0 Å². The predicted molar refractivity (Wildman–Crippen MR) is 62.6 cm³/mol. The maximum Gasteiger partial charge on any atom is 0.223 e. The molecule has 4 nitrogen and oxygen atoms in total. The zero-order valence-electron chi connectivity index (χ0n) is 10.1. The summed E-state index contributed by atoms with van der Waals surface area (Å²) in [5.41, 5.74) is 5.04. The quantitative estimate of drug-likeness (QED) is 0.678. The molecule has 0 spiro atoms. The second kappa shape index (κ2) is 6.51. The van der Waals surface area contributed by atoms with Gasteiger partial charge in [0.25, 0.3) is 0 Å². The van der Waals surface area contributed by atoms with Gasteiger partial charge in [0, 0.05) is 25.9 Å². The second-order valence-corrected chi connectivity index (χ2v) is 4.60. The van der Waals surface area contributed by atoms with Crippen molar-refractivity contribution in [2.75, 3.05) is 13.1 Å². The fraction of sp³-hybridized carbons (Fsp3) is 0.833. The van der Waals surface area contributed by atoms with E-state index in [1.54, 1.807) is 0 Å². The molecule has 1 aliphatic rings. The molecule has 0 bridgehead atoms. The van der Waals surface area contributed by atoms with E-state index < -0.39 is 5.91 Å². The third kappa shape index (κ3) is 5.14. The summed E-state index contributed by atoms with van der Waals surface area (Å²) in [6.07, 6.45) is 5.05. The summed E-state index contributed by atoms with van der Waals surface area (Å²) in [7, 11) is 0. The first kappa shape index (κ1) is 13.0. The SMILES string of the molecule is CCCCN(CC1CC1)C(=O)CCC(N)=O. The number of unbranched alkanes of at least 4 members (excludes halogenated alkanes) is 1. The van der Waals surface area contributed by atoms with E-state index in [1.807, 2.05) is 4.90 Å². The lowest BCUT2D eigenvalue weighted by molar-refractivity contribution is -0.133. The molecule has 0 aromatic rings. The minimum Gasteiger partial charge on any atom is -0.370 e. The maximum absolute atomic E-state index is 11.8. The van der Waals surface area contributed by atoms with Crippen molar-refractivity contribution in [3.05, 3.63) is 0 Å². The van der Waals surface area contributed by atoms with E-state index in [0.717, 1.165) is 25.9 Å². The summed E-state index contributed by atoms with van der Waals surface area (Å²) in [5.74, 6) is 0.392. The highest BCUT2D eigenvalue weighted by Crippen LogP contribution is 2.30. The standard InChI is InChI=1S/C12H22N2O2/c1-2-3-8-14(9-10-4-5-10)12(16)7-6-11(13)15/h10H,2-9H2,1H3,(H2,13,15). The minimum absolute atomic E-state index is 0.0825. The van der Waals surface area contributed by atoms with E-state index in [-0.39, 0.29) is 18.7 Å². The number of amides is 2. The molecule has 0 unspecified atom stereocenters. The van der Waals surface area contributed by atoms with Crippen molar-refractivity contribution >= 4 is 11.8 Å². The Hall–Kier alpha value is -1.06. The summed E-state index contributed by atoms with van der Waals surface area (Å²) in [6, 6.07) is 0. The Kier molecular flexibility index (Phi) is 5.29. The monoisotopic (exact) mass is 226 g/mol. The fourth-order valence-corrected chi connectivity index (χ4v) is 1.67. The summed E-state index contributed by atoms with van der Waals surface area (Å²) < 4.78 is 0. The van der Waals surface area contributed by atoms with Crippen LogP contribution in [-0.2, 0) is 9.59 Å². The van der Waals surface area contributed by atoms with Gasteiger partial charge in [-0.25, -0.2) is 0 Å². The van der Waals surface area contributed by atoms with E-state index in [9.17, 15) is 9.59 Å². The molecular weight excluding hydrogens is 204 g/mol. The van der Waals surface area contributed by atoms with Gasteiger partial charge >= 0.3 is 0 Å². The molecule has 1 fully saturated rings. The van der Waals surface area contributed by atoms with Crippen LogP contribution in [0.2, 0.25) is 0 Å². The lowest BCUT2D eigenvalue weighted by Crippen LogP contribution is -2.34. The molecule has 0 atom stereocenters. The second-order valence-electron chi connectivity index (χ2n) is 4.60. The predicted octanol–water partition coefficient (Wildman–Crippen LogP) is 1.29. The number of carbonyl (C=O) groups excluding carboxylic acids is 2. The molecule has 16 heavy (non-hydrogen) atoms. The van der Waals surface area contributed by atoms with Crippen molar-refractivity contribution in [1.29, 1.82) is 0 Å². The molecular formula is C12H22N2O2. The van der Waals surface area contributed by atoms with Crippen molar-refractivity contribution < 1.29 is 9.59 Å². The highest BCUT2D eigenvalue weighted by molar-refractivity contribution is 5.82. The van der Waals surface area contributed by atoms with Crippen LogP contribution in [0.5, 0.6) is 0 Å². The van der Waals surface area contributed by atoms with Crippen LogP contribution in [-0.4, -0.2) is 29.8 Å². The molecule has 4 heteroatoms. The van der Waals surface area contributed by atoms with E-state index >= 15 is 0 Å². The van der Waals surface area contributed by atoms with Crippen LogP contribution in [0.1, 0.15) is 45.4 Å². The van der Waals surface area contributed by atoms with Gasteiger partial charge in [-0.15, -0.1) is 0 Å². The molecule has 0 aliphatic heterocycles. The van der Waals surface area contributed by atoms with Crippen LogP contribution < -0.4 is 5.73 Å². The Labute approximate surface area is 97.2 Å². The van der Waals surface area contributed by atoms with Crippen LogP contribution in [0.4, 0.5) is 0 Å². The van der Waals surface area contributed by atoms with Gasteiger partial charge in [-0.1, -0.05) is 13.3 Å². The van der Waals surface area contributed by atoms with Crippen LogP contribution in [0.15, 0.2) is 0 Å². The Morgan fingerprint density at radius 2 is 2.00 bits per heavy atom. The number of nitrogens with two attached hydrogens (primary N) is 1. The molecule has 1 rings (SSSR count). The topological polar surface area (TPSA) is 63.4 Å². The van der Waals surface area contributed by atoms with Crippen molar-refractivity contribution in [3.63, 3.8) is 0 Å². The fourth-order valence-electron chi connectivity index (χ4n) is 1.67. The number of nitrogens with zero attached hydrogens (tertiary/aromatic N) is 1. The third-order valence-corrected chi connectivity index (χ3v) is 2.90. The zero-order valence-corrected chi connectivity index (χ0v) is 10.1. The Morgan fingerprint density at radius 1 is 1.31 bits per heavy atom. The smallest absolute Gasteiger partial charge is 0.223 e. The summed E-state index contributed by atoms with van der Waals surface area (Å²) in [6.45, 7) is 3.81. The molecule has 2 N–H and O–H groups in total. The van der Waals surface area contributed by atoms with E-state index in [1.165, 1.54) is 12.8 Å². The van der Waals surface area contributed by atoms with Gasteiger partial charge in [0.05, 0.1) is 0 Å². The van der Waals surface area contributed by atoms with Gasteiger partial charge in [-0.05, 0) is 25.2 Å². The van der Waals surface area contributed by atoms with Crippen LogP contribution in [0.25, 0.3) is 0 Å². The molecule has 2 amide bonds. The van der Waals surface area contributed by atoms with E-state index in [4.69, 9.17) is 5.73 Å². The lowest BCUT2D eigenvalue weighted by atomic mass is 10.2. The van der Waals surface area contributed by atoms with Crippen LogP contribution in [0, 0.1) is 5.92 Å². The highest BCUT2D eigenvalue weighted by Gasteiger charge is 2.26. The van der Waals surface area contributed by atoms with E-state index in [0.29, 0.717) is 5.92 Å². The molecule has 0 aromatic heterocycles. The van der Waals surface area contributed by atoms with Gasteiger partial charge in [0.15, 0.2) is 0 Å². The molecule has 0 saturated heterocycles. The lowest BCUT2D eigenvalue weighted by Gasteiger charge is -2.22. The third-order valence-electron chi connectivity index (χ3n) is 2.90. The molecule has 1 aliphatic carbocycles. The van der Waals surface area contributed by atoms with Crippen LogP contribution in [0.3, 0.4) is 0 Å². The van der Waals surface area contributed by atoms with Gasteiger partial charge in [-0.3, -0.25) is 9.59 Å². The number of primary amides is 1. The first-order valence-corrected chi connectivity index (χ1v) is 6.19. The Balaban J connectivity index is 2.32. The number of carbonyl (C=O) groups is 2. The van der Waals surface area contributed by atoms with Crippen LogP contribution >= 0.6 is 0 Å². The molecule has 92 valence electrons. The first-order valence-electron chi connectivity index (χ1n) is 6.19. The van der Waals surface area contributed by atoms with Gasteiger partial charge < -0.3 is 10.6 Å². The summed E-state index contributed by atoms with van der Waals surface area (Å²) >= 11 is 0. The van der Waals surface area contributed by atoms with Crippen molar-refractivity contribution in [2.24, 2.45) is 11.7 Å². The zero-order chi connectivity index (χ0) is 12.0. The Bertz CT molecular complexity index is 249. The normalized spacial score (nSPS) is 14.8. The number of hydrogen-bond donors (Lipinski definition) is 1. The maximum atomic E-state index is 11.8. The molecule has 0 aromatic carbocycles. The van der Waals surface area contributed by atoms with Gasteiger partial charge in [0.2, 0.25) is 11.8 Å². The summed E-state index contributed by atoms with van der Waals surface area (Å²) in [5, 5.41) is 0. The molecule has 0 heterocycles. The van der Waals surface area contributed by atoms with Gasteiger partial charge in [0.1, 0.15) is 0 Å². The molecule has 0 radical (unpaired) electrons. The Morgan fingerprint density at radius 3 is 2.50 bits per heavy atom. The minimum atomic E-state index is -0.393. The highest BCUT2D eigenvalue weighted by atomic mass is 16.2. The van der Waals surface area contributed by atoms with Crippen molar-refractivity contribution in [2.45, 2.75) is 45.4 Å².